The summed E-state index contributed by atoms with van der Waals surface area (Å²) < 4.78 is 56.7. The number of sulfone groups is 1. The molecule has 8 N–H and O–H groups in total. The molecule has 4 aromatic carbocycles. The third-order valence-electron chi connectivity index (χ3n) is 24.7. The molecule has 4 atom stereocenters. The summed E-state index contributed by atoms with van der Waals surface area (Å²) in [5.74, 6) is 5.97. The Bertz CT molecular complexity index is 6410. The van der Waals surface area contributed by atoms with Crippen molar-refractivity contribution in [3.05, 3.63) is 229 Å². The van der Waals surface area contributed by atoms with E-state index in [0.717, 1.165) is 98.0 Å². The number of aryl methyl sites for hydroxylation is 1. The summed E-state index contributed by atoms with van der Waals surface area (Å²) in [5, 5.41) is 25.5. The van der Waals surface area contributed by atoms with Gasteiger partial charge in [0.2, 0.25) is 29.7 Å². The minimum Gasteiger partial charge on any atom is -0.377 e. The van der Waals surface area contributed by atoms with Crippen LogP contribution in [0.1, 0.15) is 151 Å². The molecule has 4 fully saturated rings. The summed E-state index contributed by atoms with van der Waals surface area (Å²) >= 11 is 0. The van der Waals surface area contributed by atoms with Gasteiger partial charge in [0.1, 0.15) is 22.1 Å². The fraction of sp³-hybridized carbons (Fsp3) is 0.363. The third-order valence-corrected chi connectivity index (χ3v) is 26.4. The summed E-state index contributed by atoms with van der Waals surface area (Å²) in [6.45, 7) is 20.0. The predicted molar refractivity (Wildman–Crippen MR) is 479 cm³/mol. The number of imidazole rings is 1. The second-order valence-corrected chi connectivity index (χ2v) is 37.3. The summed E-state index contributed by atoms with van der Waals surface area (Å²) in [6.07, 6.45) is 31.4. The van der Waals surface area contributed by atoms with E-state index in [1.54, 1.807) is 98.0 Å². The smallest absolute Gasteiger partial charge is 0.324 e. The van der Waals surface area contributed by atoms with Crippen molar-refractivity contribution in [1.82, 2.24) is 114 Å². The topological polar surface area (TPSA) is 483 Å². The van der Waals surface area contributed by atoms with Crippen LogP contribution in [-0.2, 0) is 49.2 Å². The number of amides is 1. The number of aromatic nitrogens is 22. The molecule has 4 unspecified atom stereocenters. The second-order valence-electron chi connectivity index (χ2n) is 35.0. The fourth-order valence-corrected chi connectivity index (χ4v) is 17.1. The van der Waals surface area contributed by atoms with Crippen LogP contribution in [0.5, 0.6) is 0 Å². The number of nitrogens with two attached hydrogens (primary N) is 4. The van der Waals surface area contributed by atoms with Gasteiger partial charge in [-0.2, -0.15) is 30.1 Å². The number of anilines is 5. The van der Waals surface area contributed by atoms with E-state index in [9.17, 15) is 13.2 Å². The minimum atomic E-state index is -3.03. The standard InChI is InChI=1S/C24H26N8O2.C23H23N7O2.C23H30N6O3S.C21H23N7O/c1-24(19-8-9-19,18-6-4-15(5-7-18)16-10-26-23(25)27-11-16)22-29-21(34-30-22)17-12-28-32(13-17)14-20(33)31(2)3;1-23(17-6-7-17,16-4-2-14(3-5-16)15-8-25-22(24)26-9-15)21-28-20(32-29-21)19-10-30(13-27-19)18-11-31-12-18;1-15(2)23(3,18-7-5-16(6-8-18)17-13-25-21(24)26-14-17)20-27-22(32-28-20)29-11-9-19(10-12-29)33(4,30)31;1-21(2,3)17(18-26-19(29-27-18)16-11-25-28(4)12-16)14-7-5-13(6-8-14)15-9-23-20(22)24-10-15/h4-7,10-13,19H,8-9,14H2,1-3H3,(H2,25,26,27);2-5,8-10,13,17-18H,6-7,11-12H2,1H3,(H2,24,25,26);5-8,13-15,19H,9-12H2,1-4H3,(H2,24,25,26);5-12,17H,1-4H3,(H2,22,23,24). The van der Waals surface area contributed by atoms with Gasteiger partial charge in [0.15, 0.2) is 23.3 Å². The molecule has 2 saturated carbocycles. The molecule has 660 valence electrons. The maximum Gasteiger partial charge on any atom is 0.324 e. The molecule has 13 heterocycles. The normalized spacial score (nSPS) is 16.0. The summed E-state index contributed by atoms with van der Waals surface area (Å²) in [6, 6.07) is 34.0. The van der Waals surface area contributed by atoms with Gasteiger partial charge in [-0.1, -0.05) is 152 Å². The number of hydrogen-bond acceptors (Lipinski definition) is 32. The van der Waals surface area contributed by atoms with Crippen molar-refractivity contribution in [3.8, 4) is 79.0 Å². The number of benzene rings is 4. The number of hydrogen-bond donors (Lipinski definition) is 4. The van der Waals surface area contributed by atoms with Crippen molar-refractivity contribution in [1.29, 1.82) is 0 Å². The Kier molecular flexibility index (Phi) is 24.6. The molecular formula is C91H102N28O8S. The molecule has 2 aliphatic carbocycles. The van der Waals surface area contributed by atoms with Crippen molar-refractivity contribution >= 4 is 45.6 Å². The molecule has 11 aromatic heterocycles. The molecule has 2 saturated heterocycles. The Labute approximate surface area is 739 Å². The van der Waals surface area contributed by atoms with E-state index >= 15 is 0 Å². The van der Waals surface area contributed by atoms with E-state index < -0.39 is 15.3 Å². The average Bonchev–Trinajstić information content (AvgIpc) is 1.60. The Hall–Kier alpha value is -14.2. The van der Waals surface area contributed by atoms with Crippen molar-refractivity contribution in [2.75, 3.05) is 74.5 Å². The molecule has 37 heteroatoms. The molecular weight excluding hydrogens is 1650 g/mol. The van der Waals surface area contributed by atoms with Crippen LogP contribution < -0.4 is 27.8 Å². The van der Waals surface area contributed by atoms with Gasteiger partial charge in [-0.05, 0) is 127 Å². The first-order chi connectivity index (χ1) is 61.3. The lowest BCUT2D eigenvalue weighted by molar-refractivity contribution is -0.129. The van der Waals surface area contributed by atoms with Crippen LogP contribution >= 0.6 is 0 Å². The molecule has 0 spiro atoms. The van der Waals surface area contributed by atoms with Gasteiger partial charge in [0, 0.05) is 131 Å². The summed E-state index contributed by atoms with van der Waals surface area (Å²) in [7, 11) is 2.25. The number of rotatable bonds is 23. The second kappa shape index (κ2) is 36.0. The molecule has 4 aliphatic rings. The van der Waals surface area contributed by atoms with Crippen LogP contribution in [0.4, 0.5) is 29.8 Å². The van der Waals surface area contributed by atoms with Crippen LogP contribution in [0.3, 0.4) is 0 Å². The SMILES string of the molecule is CC(C)C(C)(c1ccc(-c2cnc(N)nc2)cc1)c1noc(N2CCC(S(C)(=O)=O)CC2)n1.CC(c1ccc(-c2cnc(N)nc2)cc1)(c1noc(-c2cn(C3COC3)cn2)n1)C1CC1.CN(C)C(=O)Cn1cc(-c2nc(C(C)(c3ccc(-c4cnc(N)nc4)cc3)C3CC3)no2)cn1.Cn1cc(-c2nc(C(c3ccc(-c4cnc(N)nc4)cc3)C(C)(C)C)no2)cn1. The summed E-state index contributed by atoms with van der Waals surface area (Å²) in [4.78, 5) is 71.4. The van der Waals surface area contributed by atoms with Crippen LogP contribution in [-0.4, -0.2) is 181 Å². The van der Waals surface area contributed by atoms with Crippen LogP contribution in [0.15, 0.2) is 202 Å². The molecule has 0 radical (unpaired) electrons. The Morgan fingerprint density at radius 2 is 0.914 bits per heavy atom. The van der Waals surface area contributed by atoms with E-state index in [2.05, 4.69) is 209 Å². The molecule has 1 amide bonds. The molecule has 128 heavy (non-hydrogen) atoms. The predicted octanol–water partition coefficient (Wildman–Crippen LogP) is 12.8. The first kappa shape index (κ1) is 87.3. The van der Waals surface area contributed by atoms with Crippen LogP contribution in [0.2, 0.25) is 0 Å². The quantitative estimate of drug-likeness (QED) is 0.0462. The number of piperidine rings is 1. The summed E-state index contributed by atoms with van der Waals surface area (Å²) in [5.41, 5.74) is 35.4. The zero-order chi connectivity index (χ0) is 90.0. The van der Waals surface area contributed by atoms with Gasteiger partial charge < -0.3 is 60.1 Å². The van der Waals surface area contributed by atoms with E-state index in [4.69, 9.17) is 60.7 Å². The third kappa shape index (κ3) is 19.0. The van der Waals surface area contributed by atoms with Gasteiger partial charge in [0.25, 0.3) is 17.7 Å². The molecule has 36 nitrogen and oxygen atoms in total. The number of likely N-dealkylation sites (N-methyl/N-ethyl adjacent to an activating group) is 1. The first-order valence-electron chi connectivity index (χ1n) is 42.2. The van der Waals surface area contributed by atoms with Gasteiger partial charge in [0.05, 0.1) is 76.5 Å². The lowest BCUT2D eigenvalue weighted by Crippen LogP contribution is -2.39. The van der Waals surface area contributed by atoms with Crippen molar-refractivity contribution in [2.24, 2.45) is 30.2 Å². The van der Waals surface area contributed by atoms with Crippen LogP contribution in [0.25, 0.3) is 79.0 Å². The molecule has 15 aromatic rings. The highest BCUT2D eigenvalue weighted by Crippen LogP contribution is 2.53. The maximum atomic E-state index is 12.0. The van der Waals surface area contributed by atoms with Gasteiger partial charge in [-0.3, -0.25) is 14.2 Å². The monoisotopic (exact) mass is 1750 g/mol. The molecule has 0 bridgehead atoms. The molecule has 2 aliphatic heterocycles. The number of carbonyl (C=O) groups excluding carboxylic acids is 1. The van der Waals surface area contributed by atoms with E-state index in [-0.39, 0.29) is 69.6 Å². The largest absolute Gasteiger partial charge is 0.377 e. The van der Waals surface area contributed by atoms with Gasteiger partial charge >= 0.3 is 6.01 Å². The zero-order valence-electron chi connectivity index (χ0n) is 73.3. The number of ether oxygens (including phenoxy) is 1. The average molecular weight is 1750 g/mol. The van der Waals surface area contributed by atoms with Gasteiger partial charge in [-0.15, -0.1) is 0 Å². The maximum absolute atomic E-state index is 12.0. The Morgan fingerprint density at radius 3 is 1.34 bits per heavy atom. The Morgan fingerprint density at radius 1 is 0.484 bits per heavy atom. The highest BCUT2D eigenvalue weighted by Gasteiger charge is 2.49. The van der Waals surface area contributed by atoms with E-state index in [1.165, 1.54) is 11.2 Å². The van der Waals surface area contributed by atoms with E-state index in [0.29, 0.717) is 115 Å². The molecule has 19 rings (SSSR count). The lowest BCUT2D eigenvalue weighted by Gasteiger charge is -2.31. The minimum absolute atomic E-state index is 0.0339. The fourth-order valence-electron chi connectivity index (χ4n) is 16.0. The van der Waals surface area contributed by atoms with Gasteiger partial charge in [-0.25, -0.2) is 53.3 Å². The highest BCUT2D eigenvalue weighted by atomic mass is 32.2. The number of carbonyl (C=O) groups is 1. The van der Waals surface area contributed by atoms with Crippen molar-refractivity contribution < 1.29 is 36.0 Å². The zero-order valence-corrected chi connectivity index (χ0v) is 74.1. The van der Waals surface area contributed by atoms with E-state index in [1.807, 2.05) is 53.2 Å². The Balaban J connectivity index is 0.000000125. The number of nitrogens with zero attached hydrogens (tertiary/aromatic N) is 24. The first-order valence-corrected chi connectivity index (χ1v) is 44.2. The highest BCUT2D eigenvalue weighted by molar-refractivity contribution is 7.91. The lowest BCUT2D eigenvalue weighted by atomic mass is 9.72. The van der Waals surface area contributed by atoms with Crippen LogP contribution in [0, 0.1) is 23.2 Å². The van der Waals surface area contributed by atoms with Crippen molar-refractivity contribution in [2.45, 2.75) is 134 Å². The number of nitrogen functional groups attached to an aromatic ring is 4. The van der Waals surface area contributed by atoms with Crippen molar-refractivity contribution in [3.63, 3.8) is 0 Å².